The summed E-state index contributed by atoms with van der Waals surface area (Å²) in [4.78, 5) is 2.32. The van der Waals surface area contributed by atoms with Crippen molar-refractivity contribution >= 4 is 23.6 Å². The van der Waals surface area contributed by atoms with E-state index in [1.807, 2.05) is 0 Å². The van der Waals surface area contributed by atoms with Gasteiger partial charge in [-0.05, 0) is 12.2 Å². The minimum atomic E-state index is 0.276. The van der Waals surface area contributed by atoms with Gasteiger partial charge < -0.3 is 9.84 Å². The van der Waals surface area contributed by atoms with E-state index in [1.165, 1.54) is 11.3 Å². The highest BCUT2D eigenvalue weighted by Crippen LogP contribution is 2.16. The van der Waals surface area contributed by atoms with E-state index in [4.69, 9.17) is 17.0 Å². The van der Waals surface area contributed by atoms with Crippen molar-refractivity contribution in [2.75, 3.05) is 32.8 Å². The van der Waals surface area contributed by atoms with Gasteiger partial charge in [-0.1, -0.05) is 0 Å². The van der Waals surface area contributed by atoms with Crippen molar-refractivity contribution in [1.29, 1.82) is 0 Å². The van der Waals surface area contributed by atoms with Crippen LogP contribution in [-0.2, 0) is 11.3 Å². The van der Waals surface area contributed by atoms with Crippen LogP contribution < -0.4 is 0 Å². The number of hydrogen-bond donors (Lipinski definition) is 1. The Morgan fingerprint density at radius 3 is 2.73 bits per heavy atom. The van der Waals surface area contributed by atoms with Crippen LogP contribution in [0.4, 0.5) is 0 Å². The Hall–Kier alpha value is -0.430. The fourth-order valence-electron chi connectivity index (χ4n) is 1.60. The molecule has 1 saturated heterocycles. The van der Waals surface area contributed by atoms with Crippen molar-refractivity contribution < 1.29 is 9.84 Å². The number of aromatic hydroxyl groups is 1. The van der Waals surface area contributed by atoms with E-state index in [9.17, 15) is 5.11 Å². The molecule has 0 aliphatic carbocycles. The predicted octanol–water partition coefficient (Wildman–Crippen LogP) is 1.32. The molecule has 0 spiro atoms. The van der Waals surface area contributed by atoms with Gasteiger partial charge in [-0.3, -0.25) is 9.47 Å². The second-order valence-corrected chi connectivity index (χ2v) is 4.97. The second-order valence-electron chi connectivity index (χ2n) is 3.47. The van der Waals surface area contributed by atoms with E-state index in [-0.39, 0.29) is 5.88 Å². The molecule has 0 saturated carbocycles. The normalized spacial score (nSPS) is 18.1. The van der Waals surface area contributed by atoms with E-state index >= 15 is 0 Å². The smallest absolute Gasteiger partial charge is 0.203 e. The molecule has 0 amide bonds. The van der Waals surface area contributed by atoms with Gasteiger partial charge in [-0.2, -0.15) is 0 Å². The molecule has 1 aromatic heterocycles. The molecule has 4 nitrogen and oxygen atoms in total. The van der Waals surface area contributed by atoms with Crippen LogP contribution in [0, 0.1) is 3.95 Å². The maximum atomic E-state index is 9.52. The van der Waals surface area contributed by atoms with Crippen LogP contribution in [0.5, 0.6) is 5.88 Å². The van der Waals surface area contributed by atoms with Crippen LogP contribution in [0.25, 0.3) is 0 Å². The number of thiazole rings is 1. The molecular weight excluding hydrogens is 232 g/mol. The highest BCUT2D eigenvalue weighted by atomic mass is 32.1. The molecule has 1 aromatic rings. The van der Waals surface area contributed by atoms with Gasteiger partial charge in [-0.15, -0.1) is 11.3 Å². The lowest BCUT2D eigenvalue weighted by Crippen LogP contribution is -2.38. The fourth-order valence-corrected chi connectivity index (χ4v) is 2.57. The molecule has 0 bridgehead atoms. The lowest BCUT2D eigenvalue weighted by atomic mass is 10.4. The van der Waals surface area contributed by atoms with Crippen LogP contribution in [-0.4, -0.2) is 47.4 Å². The molecule has 15 heavy (non-hydrogen) atoms. The van der Waals surface area contributed by atoms with Crippen molar-refractivity contribution in [3.8, 4) is 5.88 Å². The van der Waals surface area contributed by atoms with Crippen molar-refractivity contribution in [1.82, 2.24) is 9.47 Å². The average molecular weight is 246 g/mol. The third-order valence-corrected chi connectivity index (χ3v) is 3.77. The Morgan fingerprint density at radius 2 is 2.13 bits per heavy atom. The Kier molecular flexibility index (Phi) is 3.74. The van der Waals surface area contributed by atoms with E-state index < -0.39 is 0 Å². The zero-order valence-corrected chi connectivity index (χ0v) is 10.0. The highest BCUT2D eigenvalue weighted by molar-refractivity contribution is 7.73. The lowest BCUT2D eigenvalue weighted by Gasteiger charge is -2.26. The van der Waals surface area contributed by atoms with Gasteiger partial charge in [0.2, 0.25) is 5.88 Å². The third kappa shape index (κ3) is 2.78. The van der Waals surface area contributed by atoms with E-state index in [1.54, 1.807) is 9.95 Å². The summed E-state index contributed by atoms with van der Waals surface area (Å²) in [7, 11) is 0. The first-order valence-corrected chi connectivity index (χ1v) is 6.23. The summed E-state index contributed by atoms with van der Waals surface area (Å²) in [5, 5.41) is 11.2. The Morgan fingerprint density at radius 1 is 1.40 bits per heavy atom. The Labute approximate surface area is 97.7 Å². The molecule has 2 heterocycles. The van der Waals surface area contributed by atoms with Crippen LogP contribution >= 0.6 is 23.6 Å². The lowest BCUT2D eigenvalue weighted by molar-refractivity contribution is 0.0361. The third-order valence-electron chi connectivity index (χ3n) is 2.51. The first-order chi connectivity index (χ1) is 7.27. The summed E-state index contributed by atoms with van der Waals surface area (Å²) in [5.74, 6) is 0.276. The summed E-state index contributed by atoms with van der Waals surface area (Å²) in [6, 6.07) is 0. The standard InChI is InChI=1S/C9H14N2O2S2/c12-8-7-15-9(14)11(8)2-1-10-3-5-13-6-4-10/h7,12H,1-6H2. The first kappa shape index (κ1) is 11.1. The van der Waals surface area contributed by atoms with Crippen LogP contribution in [0.15, 0.2) is 5.38 Å². The number of hydrogen-bond acceptors (Lipinski definition) is 5. The van der Waals surface area contributed by atoms with E-state index in [0.29, 0.717) is 0 Å². The maximum Gasteiger partial charge on any atom is 0.203 e. The predicted molar refractivity (Wildman–Crippen MR) is 62.1 cm³/mol. The second kappa shape index (κ2) is 5.07. The van der Waals surface area contributed by atoms with E-state index in [2.05, 4.69) is 4.90 Å². The molecule has 0 unspecified atom stereocenters. The van der Waals surface area contributed by atoms with Gasteiger partial charge in [0, 0.05) is 26.2 Å². The SMILES string of the molecule is Oc1csc(=S)n1CCN1CCOCC1. The van der Waals surface area contributed by atoms with Crippen molar-refractivity contribution in [3.05, 3.63) is 9.33 Å². The Bertz CT molecular complexity index is 368. The highest BCUT2D eigenvalue weighted by Gasteiger charge is 2.11. The molecular formula is C9H14N2O2S2. The largest absolute Gasteiger partial charge is 0.494 e. The fraction of sp³-hybridized carbons (Fsp3) is 0.667. The minimum absolute atomic E-state index is 0.276. The number of nitrogens with zero attached hydrogens (tertiary/aromatic N) is 2. The molecule has 0 atom stereocenters. The Balaban J connectivity index is 1.89. The van der Waals surface area contributed by atoms with Crippen LogP contribution in [0.2, 0.25) is 0 Å². The van der Waals surface area contributed by atoms with Crippen LogP contribution in [0.3, 0.4) is 0 Å². The summed E-state index contributed by atoms with van der Waals surface area (Å²) >= 11 is 6.52. The maximum absolute atomic E-state index is 9.52. The van der Waals surface area contributed by atoms with E-state index in [0.717, 1.165) is 43.3 Å². The first-order valence-electron chi connectivity index (χ1n) is 4.95. The molecule has 0 aromatic carbocycles. The van der Waals surface area contributed by atoms with Crippen molar-refractivity contribution in [2.45, 2.75) is 6.54 Å². The molecule has 0 radical (unpaired) electrons. The van der Waals surface area contributed by atoms with Crippen LogP contribution in [0.1, 0.15) is 0 Å². The summed E-state index contributed by atoms with van der Waals surface area (Å²) in [5.41, 5.74) is 0. The molecule has 84 valence electrons. The summed E-state index contributed by atoms with van der Waals surface area (Å²) in [6.07, 6.45) is 0. The van der Waals surface area contributed by atoms with Crippen molar-refractivity contribution in [2.24, 2.45) is 0 Å². The quantitative estimate of drug-likeness (QED) is 0.816. The molecule has 2 rings (SSSR count). The molecule has 1 aliphatic heterocycles. The van der Waals surface area contributed by atoms with Gasteiger partial charge in [0.1, 0.15) is 0 Å². The van der Waals surface area contributed by atoms with Gasteiger partial charge >= 0.3 is 0 Å². The topological polar surface area (TPSA) is 37.6 Å². The molecule has 1 N–H and O–H groups in total. The van der Waals surface area contributed by atoms with Gasteiger partial charge in [0.25, 0.3) is 0 Å². The average Bonchev–Trinajstić information content (AvgIpc) is 2.58. The number of rotatable bonds is 3. The van der Waals surface area contributed by atoms with Gasteiger partial charge in [-0.25, -0.2) is 0 Å². The zero-order chi connectivity index (χ0) is 10.7. The van der Waals surface area contributed by atoms with Crippen molar-refractivity contribution in [3.63, 3.8) is 0 Å². The summed E-state index contributed by atoms with van der Waals surface area (Å²) in [6.45, 7) is 5.23. The minimum Gasteiger partial charge on any atom is -0.494 e. The monoisotopic (exact) mass is 246 g/mol. The van der Waals surface area contributed by atoms with Gasteiger partial charge in [0.15, 0.2) is 3.95 Å². The number of aromatic nitrogens is 1. The van der Waals surface area contributed by atoms with Gasteiger partial charge in [0.05, 0.1) is 18.6 Å². The molecule has 1 aliphatic rings. The number of morpholine rings is 1. The summed E-state index contributed by atoms with van der Waals surface area (Å²) < 4.78 is 7.78. The zero-order valence-electron chi connectivity index (χ0n) is 8.39. The molecule has 6 heteroatoms. The number of ether oxygens (including phenoxy) is 1. The molecule has 1 fully saturated rings.